The van der Waals surface area contributed by atoms with Crippen LogP contribution >= 0.6 is 0 Å². The highest BCUT2D eigenvalue weighted by Gasteiger charge is 2.29. The Morgan fingerprint density at radius 2 is 1.82 bits per heavy atom. The Bertz CT molecular complexity index is 484. The Morgan fingerprint density at radius 1 is 1.12 bits per heavy atom. The molecule has 17 heavy (non-hydrogen) atoms. The molecule has 1 fully saturated rings. The predicted molar refractivity (Wildman–Crippen MR) is 61.8 cm³/mol. The molecule has 0 bridgehead atoms. The Kier molecular flexibility index (Phi) is 2.91. The van der Waals surface area contributed by atoms with Gasteiger partial charge in [-0.1, -0.05) is 12.1 Å². The van der Waals surface area contributed by atoms with Gasteiger partial charge in [0.1, 0.15) is 6.54 Å². The van der Waals surface area contributed by atoms with E-state index in [1.807, 2.05) is 0 Å². The van der Waals surface area contributed by atoms with E-state index in [0.717, 1.165) is 0 Å². The molecule has 0 saturated carbocycles. The van der Waals surface area contributed by atoms with Crippen molar-refractivity contribution in [2.24, 2.45) is 0 Å². The third-order valence-corrected chi connectivity index (χ3v) is 2.75. The molecule has 0 aromatic heterocycles. The smallest absolute Gasteiger partial charge is 0.247 e. The van der Waals surface area contributed by atoms with Crippen molar-refractivity contribution in [1.82, 2.24) is 4.90 Å². The Hall–Kier alpha value is -2.17. The summed E-state index contributed by atoms with van der Waals surface area (Å²) in [5.74, 6) is -0.313. The summed E-state index contributed by atoms with van der Waals surface area (Å²) in [6.07, 6.45) is 0.686. The van der Waals surface area contributed by atoms with E-state index in [1.165, 1.54) is 9.80 Å². The number of para-hydroxylation sites is 1. The second kappa shape index (κ2) is 4.37. The highest BCUT2D eigenvalue weighted by molar-refractivity contribution is 6.06. The van der Waals surface area contributed by atoms with Gasteiger partial charge in [-0.05, 0) is 12.1 Å². The summed E-state index contributed by atoms with van der Waals surface area (Å²) in [7, 11) is 1.59. The first-order valence-electron chi connectivity index (χ1n) is 5.22. The van der Waals surface area contributed by atoms with E-state index in [9.17, 15) is 14.4 Å². The van der Waals surface area contributed by atoms with Gasteiger partial charge >= 0.3 is 0 Å². The van der Waals surface area contributed by atoms with E-state index in [2.05, 4.69) is 0 Å². The Labute approximate surface area is 98.6 Å². The number of nitrogens with zero attached hydrogens (tertiary/aromatic N) is 2. The van der Waals surface area contributed by atoms with Gasteiger partial charge in [-0.25, -0.2) is 0 Å². The Balaban J connectivity index is 2.36. The van der Waals surface area contributed by atoms with Crippen molar-refractivity contribution in [2.75, 3.05) is 25.0 Å². The topological polar surface area (TPSA) is 57.7 Å². The van der Waals surface area contributed by atoms with Crippen LogP contribution in [-0.2, 0) is 9.59 Å². The summed E-state index contributed by atoms with van der Waals surface area (Å²) in [5.41, 5.74) is 0.909. The van der Waals surface area contributed by atoms with Crippen LogP contribution in [0.4, 0.5) is 5.69 Å². The van der Waals surface area contributed by atoms with Gasteiger partial charge < -0.3 is 9.80 Å². The fraction of sp³-hybridized carbons (Fsp3) is 0.250. The molecular formula is C12H12N2O3. The summed E-state index contributed by atoms with van der Waals surface area (Å²) in [6, 6.07) is 6.74. The lowest BCUT2D eigenvalue weighted by Crippen LogP contribution is -2.52. The zero-order valence-electron chi connectivity index (χ0n) is 9.42. The monoisotopic (exact) mass is 232 g/mol. The lowest BCUT2D eigenvalue weighted by molar-refractivity contribution is -0.136. The van der Waals surface area contributed by atoms with Crippen LogP contribution in [0.1, 0.15) is 10.4 Å². The van der Waals surface area contributed by atoms with Crippen molar-refractivity contribution >= 4 is 23.8 Å². The normalized spacial score (nSPS) is 16.3. The molecule has 1 aromatic rings. The number of likely N-dealkylation sites (N-methyl/N-ethyl adjacent to an activating group) is 1. The number of benzene rings is 1. The maximum absolute atomic E-state index is 11.8. The first-order valence-corrected chi connectivity index (χ1v) is 5.22. The molecule has 0 spiro atoms. The minimum atomic E-state index is -0.179. The fourth-order valence-corrected chi connectivity index (χ4v) is 1.77. The number of hydrogen-bond acceptors (Lipinski definition) is 3. The second-order valence-corrected chi connectivity index (χ2v) is 3.91. The van der Waals surface area contributed by atoms with E-state index >= 15 is 0 Å². The van der Waals surface area contributed by atoms with Gasteiger partial charge in [0.2, 0.25) is 11.8 Å². The minimum absolute atomic E-state index is 0.0137. The molecule has 1 saturated heterocycles. The number of piperazine rings is 1. The second-order valence-electron chi connectivity index (χ2n) is 3.91. The molecule has 2 amide bonds. The molecule has 0 atom stereocenters. The predicted octanol–water partition coefficient (Wildman–Crippen LogP) is 0.304. The third-order valence-electron chi connectivity index (χ3n) is 2.75. The van der Waals surface area contributed by atoms with Crippen LogP contribution in [0.15, 0.2) is 24.3 Å². The zero-order valence-corrected chi connectivity index (χ0v) is 9.42. The van der Waals surface area contributed by atoms with Crippen molar-refractivity contribution in [1.29, 1.82) is 0 Å². The summed E-state index contributed by atoms with van der Waals surface area (Å²) in [5, 5.41) is 0. The van der Waals surface area contributed by atoms with Gasteiger partial charge in [0.05, 0.1) is 12.2 Å². The number of hydrogen-bond donors (Lipinski definition) is 0. The highest BCUT2D eigenvalue weighted by atomic mass is 16.2. The molecule has 2 rings (SSSR count). The van der Waals surface area contributed by atoms with Gasteiger partial charge in [-0.3, -0.25) is 14.4 Å². The average molecular weight is 232 g/mol. The molecular weight excluding hydrogens is 220 g/mol. The molecule has 1 aliphatic rings. The van der Waals surface area contributed by atoms with E-state index in [0.29, 0.717) is 17.5 Å². The molecule has 0 unspecified atom stereocenters. The van der Waals surface area contributed by atoms with Crippen LogP contribution < -0.4 is 4.90 Å². The molecule has 1 heterocycles. The molecule has 1 aliphatic heterocycles. The number of anilines is 1. The number of carbonyl (C=O) groups is 3. The summed E-state index contributed by atoms with van der Waals surface area (Å²) in [4.78, 5) is 37.0. The highest BCUT2D eigenvalue weighted by Crippen LogP contribution is 2.20. The average Bonchev–Trinajstić information content (AvgIpc) is 2.34. The molecule has 0 N–H and O–H groups in total. The van der Waals surface area contributed by atoms with E-state index in [-0.39, 0.29) is 24.9 Å². The van der Waals surface area contributed by atoms with Crippen molar-refractivity contribution in [3.8, 4) is 0 Å². The molecule has 88 valence electrons. The van der Waals surface area contributed by atoms with Crippen molar-refractivity contribution < 1.29 is 14.4 Å². The van der Waals surface area contributed by atoms with Gasteiger partial charge in [0.25, 0.3) is 0 Å². The van der Waals surface area contributed by atoms with Gasteiger partial charge in [-0.2, -0.15) is 0 Å². The zero-order chi connectivity index (χ0) is 12.4. The van der Waals surface area contributed by atoms with Crippen LogP contribution in [0.25, 0.3) is 0 Å². The summed E-state index contributed by atoms with van der Waals surface area (Å²) >= 11 is 0. The third kappa shape index (κ3) is 2.04. The molecule has 5 nitrogen and oxygen atoms in total. The van der Waals surface area contributed by atoms with Crippen LogP contribution in [0.5, 0.6) is 0 Å². The number of carbonyl (C=O) groups excluding carboxylic acids is 3. The van der Waals surface area contributed by atoms with Crippen LogP contribution in [0.2, 0.25) is 0 Å². The molecule has 1 aromatic carbocycles. The van der Waals surface area contributed by atoms with Crippen molar-refractivity contribution in [3.63, 3.8) is 0 Å². The fourth-order valence-electron chi connectivity index (χ4n) is 1.77. The summed E-state index contributed by atoms with van der Waals surface area (Å²) < 4.78 is 0. The van der Waals surface area contributed by atoms with E-state index < -0.39 is 0 Å². The minimum Gasteiger partial charge on any atom is -0.335 e. The number of rotatable bonds is 2. The molecule has 5 heteroatoms. The SMILES string of the molecule is CN1CC(=O)N(c2ccccc2C=O)CC1=O. The van der Waals surface area contributed by atoms with Gasteiger partial charge in [-0.15, -0.1) is 0 Å². The van der Waals surface area contributed by atoms with Gasteiger partial charge in [0.15, 0.2) is 6.29 Å². The summed E-state index contributed by atoms with van der Waals surface area (Å²) in [6.45, 7) is 0.0339. The van der Waals surface area contributed by atoms with Crippen molar-refractivity contribution in [2.45, 2.75) is 0 Å². The van der Waals surface area contributed by atoms with Crippen LogP contribution in [0.3, 0.4) is 0 Å². The largest absolute Gasteiger partial charge is 0.335 e. The maximum atomic E-state index is 11.8. The lowest BCUT2D eigenvalue weighted by atomic mass is 10.1. The quantitative estimate of drug-likeness (QED) is 0.689. The van der Waals surface area contributed by atoms with Crippen molar-refractivity contribution in [3.05, 3.63) is 29.8 Å². The maximum Gasteiger partial charge on any atom is 0.247 e. The van der Waals surface area contributed by atoms with E-state index in [4.69, 9.17) is 0 Å². The number of aldehydes is 1. The lowest BCUT2D eigenvalue weighted by Gasteiger charge is -2.32. The van der Waals surface area contributed by atoms with Gasteiger partial charge in [0, 0.05) is 12.6 Å². The van der Waals surface area contributed by atoms with E-state index in [1.54, 1.807) is 31.3 Å². The Morgan fingerprint density at radius 3 is 2.53 bits per heavy atom. The standard InChI is InChI=1S/C12H12N2O3/c1-13-6-12(17)14(7-11(13)16)10-5-3-2-4-9(10)8-15/h2-5,8H,6-7H2,1H3. The first-order chi connectivity index (χ1) is 8.13. The molecule has 0 radical (unpaired) electrons. The first kappa shape index (κ1) is 11.3. The van der Waals surface area contributed by atoms with Crippen LogP contribution in [-0.4, -0.2) is 43.1 Å². The van der Waals surface area contributed by atoms with Crippen LogP contribution in [0, 0.1) is 0 Å². The number of amides is 2. The molecule has 0 aliphatic carbocycles.